The molecule has 0 N–H and O–H groups in total. The first kappa shape index (κ1) is 7.10. The lowest BCUT2D eigenvalue weighted by atomic mass is 10.3. The molecule has 2 rings (SSSR count). The van der Waals surface area contributed by atoms with Crippen LogP contribution in [0.4, 0.5) is 0 Å². The Morgan fingerprint density at radius 1 is 1.25 bits per heavy atom. The molecule has 0 aliphatic heterocycles. The first-order valence-electron chi connectivity index (χ1n) is 3.88. The molecule has 1 aromatic carbocycles. The summed E-state index contributed by atoms with van der Waals surface area (Å²) in [6.07, 6.45) is 7.07. The molecule has 0 aliphatic rings. The predicted octanol–water partition coefficient (Wildman–Crippen LogP) is 1.10. The van der Waals surface area contributed by atoms with E-state index in [1.807, 2.05) is 46.8 Å². The number of benzene rings is 1. The van der Waals surface area contributed by atoms with Gasteiger partial charge in [0.05, 0.1) is 12.7 Å². The standard InChI is InChI=1S/C10H10N2/c1-11-7-8-12(9-11)10-5-3-2-4-6-10/h2-8H,1H3. The van der Waals surface area contributed by atoms with E-state index in [0.29, 0.717) is 0 Å². The topological polar surface area (TPSA) is 8.81 Å². The van der Waals surface area contributed by atoms with Crippen molar-refractivity contribution >= 4 is 0 Å². The van der Waals surface area contributed by atoms with Gasteiger partial charge in [0.2, 0.25) is 6.33 Å². The highest BCUT2D eigenvalue weighted by molar-refractivity contribution is 5.20. The third-order valence-electron chi connectivity index (χ3n) is 1.74. The summed E-state index contributed by atoms with van der Waals surface area (Å²) in [5.74, 6) is 0. The smallest absolute Gasteiger partial charge is 0.243 e. The molecule has 2 aromatic rings. The Morgan fingerprint density at radius 2 is 2.00 bits per heavy atom. The Balaban J connectivity index is 2.45. The maximum absolute atomic E-state index is 3.13. The molecular weight excluding hydrogens is 148 g/mol. The molecule has 2 nitrogen and oxygen atoms in total. The molecule has 60 valence electrons. The maximum Gasteiger partial charge on any atom is 0.243 e. The third-order valence-corrected chi connectivity index (χ3v) is 1.74. The van der Waals surface area contributed by atoms with Crippen LogP contribution in [0.1, 0.15) is 0 Å². The predicted molar refractivity (Wildman–Crippen MR) is 45.8 cm³/mol. The maximum atomic E-state index is 3.13. The second-order valence-electron chi connectivity index (χ2n) is 2.71. The number of para-hydroxylation sites is 1. The summed E-state index contributed by atoms with van der Waals surface area (Å²) in [7, 11) is 1.96. The van der Waals surface area contributed by atoms with Crippen molar-refractivity contribution in [1.82, 2.24) is 4.57 Å². The summed E-state index contributed by atoms with van der Waals surface area (Å²) in [4.78, 5) is 0. The van der Waals surface area contributed by atoms with Crippen LogP contribution in [-0.2, 0) is 7.05 Å². The second kappa shape index (κ2) is 2.81. The molecule has 0 spiro atoms. The first-order valence-corrected chi connectivity index (χ1v) is 3.88. The quantitative estimate of drug-likeness (QED) is 0.434. The van der Waals surface area contributed by atoms with Gasteiger partial charge in [-0.05, 0) is 0 Å². The van der Waals surface area contributed by atoms with Gasteiger partial charge in [0.25, 0.3) is 0 Å². The van der Waals surface area contributed by atoms with Crippen LogP contribution in [0.15, 0.2) is 42.7 Å². The summed E-state index contributed by atoms with van der Waals surface area (Å²) in [5, 5.41) is 0. The van der Waals surface area contributed by atoms with E-state index in [9.17, 15) is 0 Å². The number of rotatable bonds is 1. The molecule has 0 radical (unpaired) electrons. The van der Waals surface area contributed by atoms with Crippen molar-refractivity contribution in [3.8, 4) is 5.69 Å². The molecule has 0 amide bonds. The largest absolute Gasteiger partial charge is 0.326 e. The molecule has 0 saturated carbocycles. The molecule has 1 heterocycles. The number of nitrogens with zero attached hydrogens (tertiary/aromatic N) is 2. The minimum absolute atomic E-state index is 1.14. The highest BCUT2D eigenvalue weighted by Gasteiger charge is 1.93. The van der Waals surface area contributed by atoms with Crippen LogP contribution in [0.5, 0.6) is 0 Å². The van der Waals surface area contributed by atoms with Crippen LogP contribution in [0.2, 0.25) is 0 Å². The zero-order chi connectivity index (χ0) is 8.39. The molecule has 0 saturated heterocycles. The van der Waals surface area contributed by atoms with Crippen LogP contribution < -0.4 is 4.57 Å². The molecule has 0 fully saturated rings. The van der Waals surface area contributed by atoms with E-state index in [1.54, 1.807) is 0 Å². The Kier molecular flexibility index (Phi) is 1.67. The molecule has 0 bridgehead atoms. The van der Waals surface area contributed by atoms with Crippen LogP contribution in [0, 0.1) is 6.33 Å². The molecule has 1 aromatic heterocycles. The average Bonchev–Trinajstić information content (AvgIpc) is 2.54. The molecule has 0 unspecified atom stereocenters. The summed E-state index contributed by atoms with van der Waals surface area (Å²) < 4.78 is 3.85. The summed E-state index contributed by atoms with van der Waals surface area (Å²) in [6, 6.07) is 10.1. The average molecular weight is 158 g/mol. The van der Waals surface area contributed by atoms with Crippen LogP contribution in [-0.4, -0.2) is 4.57 Å². The van der Waals surface area contributed by atoms with Crippen molar-refractivity contribution in [2.24, 2.45) is 7.05 Å². The van der Waals surface area contributed by atoms with E-state index < -0.39 is 0 Å². The van der Waals surface area contributed by atoms with Gasteiger partial charge in [-0.15, -0.1) is 0 Å². The van der Waals surface area contributed by atoms with Crippen molar-refractivity contribution < 1.29 is 4.57 Å². The minimum Gasteiger partial charge on any atom is -0.326 e. The zero-order valence-electron chi connectivity index (χ0n) is 6.94. The molecule has 0 aliphatic carbocycles. The summed E-state index contributed by atoms with van der Waals surface area (Å²) in [6.45, 7) is 0. The lowest BCUT2D eigenvalue weighted by Gasteiger charge is -1.99. The second-order valence-corrected chi connectivity index (χ2v) is 2.71. The highest BCUT2D eigenvalue weighted by atomic mass is 15.1. The van der Waals surface area contributed by atoms with Crippen LogP contribution >= 0.6 is 0 Å². The minimum atomic E-state index is 1.14. The van der Waals surface area contributed by atoms with Gasteiger partial charge >= 0.3 is 0 Å². The fourth-order valence-corrected chi connectivity index (χ4v) is 1.14. The highest BCUT2D eigenvalue weighted by Crippen LogP contribution is 1.96. The lowest BCUT2D eigenvalue weighted by molar-refractivity contribution is -0.599. The van der Waals surface area contributed by atoms with Gasteiger partial charge in [-0.1, -0.05) is 30.3 Å². The lowest BCUT2D eigenvalue weighted by Crippen LogP contribution is -2.27. The monoisotopic (exact) mass is 158 g/mol. The van der Waals surface area contributed by atoms with Gasteiger partial charge in [0.1, 0.15) is 0 Å². The van der Waals surface area contributed by atoms with Crippen LogP contribution in [0.3, 0.4) is 0 Å². The SMILES string of the molecule is Cn1[c-][n+](-c2ccccc2)cc1. The third kappa shape index (κ3) is 1.23. The zero-order valence-corrected chi connectivity index (χ0v) is 6.94. The fraction of sp³-hybridized carbons (Fsp3) is 0.100. The van der Waals surface area contributed by atoms with E-state index in [0.717, 1.165) is 5.69 Å². The summed E-state index contributed by atoms with van der Waals surface area (Å²) in [5.41, 5.74) is 1.14. The fourth-order valence-electron chi connectivity index (χ4n) is 1.14. The van der Waals surface area contributed by atoms with Gasteiger partial charge in [0.15, 0.2) is 0 Å². The van der Waals surface area contributed by atoms with E-state index in [1.165, 1.54) is 0 Å². The van der Waals surface area contributed by atoms with Crippen molar-refractivity contribution in [3.63, 3.8) is 0 Å². The molecule has 12 heavy (non-hydrogen) atoms. The van der Waals surface area contributed by atoms with Gasteiger partial charge in [-0.2, -0.15) is 0 Å². The normalized spacial score (nSPS) is 10.1. The number of imidazole rings is 1. The first-order chi connectivity index (χ1) is 5.86. The Labute approximate surface area is 71.7 Å². The number of aromatic nitrogens is 2. The number of aryl methyl sites for hydroxylation is 1. The molecule has 2 heteroatoms. The number of hydrogen-bond donors (Lipinski definition) is 0. The van der Waals surface area contributed by atoms with Crippen molar-refractivity contribution in [2.75, 3.05) is 0 Å². The van der Waals surface area contributed by atoms with Crippen molar-refractivity contribution in [2.45, 2.75) is 0 Å². The van der Waals surface area contributed by atoms with E-state index in [2.05, 4.69) is 18.5 Å². The van der Waals surface area contributed by atoms with Crippen molar-refractivity contribution in [3.05, 3.63) is 49.1 Å². The van der Waals surface area contributed by atoms with Crippen LogP contribution in [0.25, 0.3) is 5.69 Å². The van der Waals surface area contributed by atoms with E-state index in [-0.39, 0.29) is 0 Å². The molecular formula is C10H10N2. The summed E-state index contributed by atoms with van der Waals surface area (Å²) >= 11 is 0. The molecule has 0 atom stereocenters. The van der Waals surface area contributed by atoms with E-state index in [4.69, 9.17) is 0 Å². The Bertz CT molecular complexity index is 362. The Morgan fingerprint density at radius 3 is 2.58 bits per heavy atom. The van der Waals surface area contributed by atoms with Gasteiger partial charge < -0.3 is 9.13 Å². The van der Waals surface area contributed by atoms with E-state index >= 15 is 0 Å². The Hall–Kier alpha value is -1.57. The van der Waals surface area contributed by atoms with Gasteiger partial charge in [-0.25, -0.2) is 0 Å². The van der Waals surface area contributed by atoms with Crippen molar-refractivity contribution in [1.29, 1.82) is 0 Å². The van der Waals surface area contributed by atoms with Gasteiger partial charge in [-0.3, -0.25) is 0 Å². The van der Waals surface area contributed by atoms with Gasteiger partial charge in [0, 0.05) is 12.4 Å². The number of hydrogen-bond acceptors (Lipinski definition) is 0.